The van der Waals surface area contributed by atoms with Crippen molar-refractivity contribution < 1.29 is 10.2 Å². The molecule has 0 amide bonds. The Morgan fingerprint density at radius 3 is 3.00 bits per heavy atom. The van der Waals surface area contributed by atoms with Crippen molar-refractivity contribution in [3.63, 3.8) is 0 Å². The summed E-state index contributed by atoms with van der Waals surface area (Å²) >= 11 is 0. The molecule has 4 nitrogen and oxygen atoms in total. The van der Waals surface area contributed by atoms with Crippen molar-refractivity contribution in [1.82, 2.24) is 4.98 Å². The highest BCUT2D eigenvalue weighted by molar-refractivity contribution is 5.77. The molecule has 1 aromatic heterocycles. The fraction of sp³-hybridized carbons (Fsp3) is 0.167. The first-order valence-electron chi connectivity index (χ1n) is 5.05. The summed E-state index contributed by atoms with van der Waals surface area (Å²) in [6, 6.07) is 1.58. The lowest BCUT2D eigenvalue weighted by Crippen LogP contribution is -2.17. The second-order valence-corrected chi connectivity index (χ2v) is 3.92. The zero-order valence-corrected chi connectivity index (χ0v) is 8.41. The molecule has 1 aromatic rings. The highest BCUT2D eigenvalue weighted by Gasteiger charge is 2.28. The standard InChI is InChI=1S/C12H10N2O2/c15-9-3-7-1-2-8-4-10(16)6-14-12(8)11(7)13-5-9/h1-7,11,15-16H. The Balaban J connectivity index is 2.11. The normalized spacial score (nSPS) is 25.9. The maximum Gasteiger partial charge on any atom is 0.134 e. The SMILES string of the molecule is OC1=CC2C=Cc3cc(O)cnc3C2N=C1. The number of hydrogen-bond acceptors (Lipinski definition) is 4. The first-order chi connectivity index (χ1) is 7.74. The minimum atomic E-state index is -0.0866. The van der Waals surface area contributed by atoms with E-state index in [1.165, 1.54) is 12.4 Å². The minimum Gasteiger partial charge on any atom is -0.507 e. The number of aliphatic imine (C=N–C) groups is 1. The fourth-order valence-corrected chi connectivity index (χ4v) is 2.08. The zero-order chi connectivity index (χ0) is 11.1. The molecule has 0 aromatic carbocycles. The summed E-state index contributed by atoms with van der Waals surface area (Å²) in [5.41, 5.74) is 1.72. The summed E-state index contributed by atoms with van der Waals surface area (Å²) in [7, 11) is 0. The van der Waals surface area contributed by atoms with Crippen LogP contribution in [0.2, 0.25) is 0 Å². The summed E-state index contributed by atoms with van der Waals surface area (Å²) in [6.07, 6.45) is 8.47. The van der Waals surface area contributed by atoms with Gasteiger partial charge in [0, 0.05) is 11.5 Å². The van der Waals surface area contributed by atoms with E-state index in [2.05, 4.69) is 9.98 Å². The maximum absolute atomic E-state index is 9.36. The molecule has 16 heavy (non-hydrogen) atoms. The van der Waals surface area contributed by atoms with Crippen LogP contribution in [-0.4, -0.2) is 21.4 Å². The molecule has 2 aliphatic rings. The van der Waals surface area contributed by atoms with Crippen LogP contribution in [0, 0.1) is 5.92 Å². The molecule has 0 saturated heterocycles. The van der Waals surface area contributed by atoms with Gasteiger partial charge in [0.25, 0.3) is 0 Å². The highest BCUT2D eigenvalue weighted by Crippen LogP contribution is 2.37. The van der Waals surface area contributed by atoms with Gasteiger partial charge in [0.1, 0.15) is 17.6 Å². The molecule has 2 heterocycles. The number of aromatic nitrogens is 1. The predicted molar refractivity (Wildman–Crippen MR) is 60.4 cm³/mol. The molecule has 0 saturated carbocycles. The molecule has 2 atom stereocenters. The molecule has 0 spiro atoms. The average Bonchev–Trinajstić information content (AvgIpc) is 2.28. The summed E-state index contributed by atoms with van der Waals surface area (Å²) < 4.78 is 0. The molecule has 0 fully saturated rings. The minimum absolute atomic E-state index is 0.0505. The number of hydrogen-bond donors (Lipinski definition) is 2. The average molecular weight is 214 g/mol. The fourth-order valence-electron chi connectivity index (χ4n) is 2.08. The van der Waals surface area contributed by atoms with E-state index in [0.717, 1.165) is 11.3 Å². The van der Waals surface area contributed by atoms with Crippen LogP contribution in [0.25, 0.3) is 6.08 Å². The van der Waals surface area contributed by atoms with Gasteiger partial charge in [0.05, 0.1) is 18.1 Å². The summed E-state index contributed by atoms with van der Waals surface area (Å²) in [4.78, 5) is 8.47. The lowest BCUT2D eigenvalue weighted by atomic mass is 9.87. The van der Waals surface area contributed by atoms with Gasteiger partial charge in [-0.2, -0.15) is 0 Å². The molecule has 0 radical (unpaired) electrons. The number of aromatic hydroxyl groups is 1. The monoisotopic (exact) mass is 214 g/mol. The molecule has 80 valence electrons. The Labute approximate surface area is 92.3 Å². The largest absolute Gasteiger partial charge is 0.507 e. The molecule has 2 unspecified atom stereocenters. The molecule has 3 rings (SSSR count). The third kappa shape index (κ3) is 1.31. The van der Waals surface area contributed by atoms with Gasteiger partial charge < -0.3 is 10.2 Å². The van der Waals surface area contributed by atoms with Crippen LogP contribution >= 0.6 is 0 Å². The number of dihydropyridines is 1. The third-order valence-electron chi connectivity index (χ3n) is 2.81. The maximum atomic E-state index is 9.36. The molecule has 2 N–H and O–H groups in total. The van der Waals surface area contributed by atoms with Gasteiger partial charge in [0.15, 0.2) is 0 Å². The number of aliphatic hydroxyl groups is 1. The van der Waals surface area contributed by atoms with Crippen LogP contribution in [0.5, 0.6) is 5.75 Å². The van der Waals surface area contributed by atoms with Crippen LogP contribution in [-0.2, 0) is 0 Å². The number of fused-ring (bicyclic) bond motifs is 3. The number of allylic oxidation sites excluding steroid dienone is 1. The van der Waals surface area contributed by atoms with Crippen molar-refractivity contribution in [2.45, 2.75) is 6.04 Å². The van der Waals surface area contributed by atoms with E-state index in [4.69, 9.17) is 0 Å². The lowest BCUT2D eigenvalue weighted by molar-refractivity contribution is 0.426. The van der Waals surface area contributed by atoms with E-state index in [1.807, 2.05) is 12.2 Å². The van der Waals surface area contributed by atoms with Gasteiger partial charge in [-0.3, -0.25) is 9.98 Å². The smallest absolute Gasteiger partial charge is 0.134 e. The summed E-state index contributed by atoms with van der Waals surface area (Å²) in [6.45, 7) is 0. The van der Waals surface area contributed by atoms with E-state index in [9.17, 15) is 10.2 Å². The molecular formula is C12H10N2O2. The Bertz CT molecular complexity index is 532. The van der Waals surface area contributed by atoms with Gasteiger partial charge in [0.2, 0.25) is 0 Å². The Hall–Kier alpha value is -2.10. The zero-order valence-electron chi connectivity index (χ0n) is 8.41. The van der Waals surface area contributed by atoms with E-state index in [-0.39, 0.29) is 23.5 Å². The van der Waals surface area contributed by atoms with E-state index < -0.39 is 0 Å². The Kier molecular flexibility index (Phi) is 1.83. The second-order valence-electron chi connectivity index (χ2n) is 3.92. The first-order valence-corrected chi connectivity index (χ1v) is 5.05. The quantitative estimate of drug-likeness (QED) is 0.694. The van der Waals surface area contributed by atoms with Gasteiger partial charge in [-0.05, 0) is 12.1 Å². The lowest BCUT2D eigenvalue weighted by Gasteiger charge is -2.25. The predicted octanol–water partition coefficient (Wildman–Crippen LogP) is 2.00. The number of rotatable bonds is 0. The highest BCUT2D eigenvalue weighted by atomic mass is 16.3. The van der Waals surface area contributed by atoms with Crippen molar-refractivity contribution >= 4 is 12.3 Å². The van der Waals surface area contributed by atoms with Gasteiger partial charge in [-0.1, -0.05) is 12.2 Å². The van der Waals surface area contributed by atoms with Crippen molar-refractivity contribution in [3.8, 4) is 5.75 Å². The summed E-state index contributed by atoms with van der Waals surface area (Å²) in [5.74, 6) is 0.391. The molecular weight excluding hydrogens is 204 g/mol. The molecule has 1 aliphatic carbocycles. The topological polar surface area (TPSA) is 65.7 Å². The van der Waals surface area contributed by atoms with Crippen molar-refractivity contribution in [1.29, 1.82) is 0 Å². The Morgan fingerprint density at radius 1 is 1.25 bits per heavy atom. The molecule has 1 aliphatic heterocycles. The second kappa shape index (κ2) is 3.20. The number of aliphatic hydroxyl groups excluding tert-OH is 1. The van der Waals surface area contributed by atoms with Gasteiger partial charge in [-0.25, -0.2) is 0 Å². The van der Waals surface area contributed by atoms with E-state index in [1.54, 1.807) is 12.1 Å². The van der Waals surface area contributed by atoms with Gasteiger partial charge >= 0.3 is 0 Å². The Morgan fingerprint density at radius 2 is 2.12 bits per heavy atom. The van der Waals surface area contributed by atoms with Crippen molar-refractivity contribution in [2.75, 3.05) is 0 Å². The van der Waals surface area contributed by atoms with Crippen LogP contribution in [0.1, 0.15) is 17.3 Å². The molecule has 0 bridgehead atoms. The third-order valence-corrected chi connectivity index (χ3v) is 2.81. The van der Waals surface area contributed by atoms with Crippen LogP contribution < -0.4 is 0 Å². The van der Waals surface area contributed by atoms with E-state index >= 15 is 0 Å². The van der Waals surface area contributed by atoms with Crippen molar-refractivity contribution in [2.24, 2.45) is 10.9 Å². The first kappa shape index (κ1) is 9.15. The van der Waals surface area contributed by atoms with Crippen molar-refractivity contribution in [3.05, 3.63) is 41.4 Å². The van der Waals surface area contributed by atoms with Gasteiger partial charge in [-0.15, -0.1) is 0 Å². The van der Waals surface area contributed by atoms with Crippen LogP contribution in [0.15, 0.2) is 35.2 Å². The van der Waals surface area contributed by atoms with Crippen LogP contribution in [0.4, 0.5) is 0 Å². The number of nitrogens with zero attached hydrogens (tertiary/aromatic N) is 2. The molecule has 4 heteroatoms. The number of pyridine rings is 1. The van der Waals surface area contributed by atoms with E-state index in [0.29, 0.717) is 0 Å². The summed E-state index contributed by atoms with van der Waals surface area (Å²) in [5, 5.41) is 18.7. The van der Waals surface area contributed by atoms with Crippen LogP contribution in [0.3, 0.4) is 0 Å².